The molecule has 1 atom stereocenters. The lowest BCUT2D eigenvalue weighted by Crippen LogP contribution is -2.32. The zero-order valence-corrected chi connectivity index (χ0v) is 8.10. The monoisotopic (exact) mass is 206 g/mol. The average molecular weight is 206 g/mol. The Balaban J connectivity index is 2.32. The lowest BCUT2D eigenvalue weighted by atomic mass is 10.1. The third-order valence-corrected chi connectivity index (χ3v) is 2.43. The van der Waals surface area contributed by atoms with Crippen molar-refractivity contribution < 1.29 is 9.90 Å². The Morgan fingerprint density at radius 1 is 1.47 bits per heavy atom. The van der Waals surface area contributed by atoms with E-state index in [0.717, 1.165) is 16.5 Å². The molecule has 4 heteroatoms. The fourth-order valence-corrected chi connectivity index (χ4v) is 1.62. The number of carboxylic acids is 1. The van der Waals surface area contributed by atoms with Gasteiger partial charge in [-0.05, 0) is 11.6 Å². The van der Waals surface area contributed by atoms with Gasteiger partial charge in [-0.3, -0.25) is 4.79 Å². The summed E-state index contributed by atoms with van der Waals surface area (Å²) >= 11 is 0. The smallest absolute Gasteiger partial charge is 0.320 e. The number of carbonyl (C=O) groups is 1. The highest BCUT2D eigenvalue weighted by molar-refractivity contribution is 5.84. The van der Waals surface area contributed by atoms with Crippen LogP contribution in [0.3, 0.4) is 0 Å². The van der Waals surface area contributed by atoms with Crippen LogP contribution in [0.2, 0.25) is 0 Å². The number of H-pyrrole nitrogens is 1. The van der Waals surface area contributed by atoms with Crippen LogP contribution in [0.4, 0.5) is 0 Å². The van der Waals surface area contributed by atoms with Crippen molar-refractivity contribution in [1.82, 2.24) is 4.98 Å². The Morgan fingerprint density at radius 2 is 2.20 bits per heavy atom. The lowest BCUT2D eigenvalue weighted by Gasteiger charge is -2.04. The number of nitrogens with two attached hydrogens (primary N) is 1. The normalized spacial score (nSPS) is 12.9. The summed E-state index contributed by atoms with van der Waals surface area (Å²) in [7, 11) is 0. The van der Waals surface area contributed by atoms with Crippen LogP contribution in [-0.2, 0) is 11.2 Å². The third-order valence-electron chi connectivity index (χ3n) is 2.43. The molecule has 0 spiro atoms. The van der Waals surface area contributed by atoms with Crippen molar-refractivity contribution in [3.63, 3.8) is 0 Å². The molecule has 0 aliphatic rings. The Bertz CT molecular complexity index is 490. The maximum atomic E-state index is 10.6. The molecule has 4 nitrogen and oxygen atoms in total. The van der Waals surface area contributed by atoms with E-state index in [-0.39, 0.29) is 0 Å². The van der Waals surface area contributed by atoms with E-state index in [2.05, 4.69) is 4.98 Å². The molecule has 1 aromatic heterocycles. The molecular weight excluding hydrogens is 194 g/mol. The molecule has 0 saturated carbocycles. The summed E-state index contributed by atoms with van der Waals surface area (Å²) in [4.78, 5) is 13.7. The standard InChI is InChI=1S/C11H12N2O2/c12-9(11(14)15)5-7-6-13-10-4-2-1-3-8(7)10/h1-4,6,9,13H,5,12H2,(H,14,15)/t9-/m0/s1/i12+1,13+1. The van der Waals surface area contributed by atoms with E-state index in [0.29, 0.717) is 6.42 Å². The predicted octanol–water partition coefficient (Wildman–Crippen LogP) is 1.12. The van der Waals surface area contributed by atoms with Gasteiger partial charge in [0.2, 0.25) is 0 Å². The van der Waals surface area contributed by atoms with Crippen molar-refractivity contribution in [2.45, 2.75) is 12.5 Å². The average Bonchev–Trinajstić information content (AvgIpc) is 2.62. The van der Waals surface area contributed by atoms with Gasteiger partial charge < -0.3 is 15.8 Å². The van der Waals surface area contributed by atoms with Crippen LogP contribution in [0.5, 0.6) is 0 Å². The zero-order chi connectivity index (χ0) is 10.8. The van der Waals surface area contributed by atoms with Gasteiger partial charge in [-0.2, -0.15) is 0 Å². The molecule has 0 radical (unpaired) electrons. The molecule has 0 saturated heterocycles. The molecule has 0 aliphatic heterocycles. The third kappa shape index (κ3) is 1.85. The quantitative estimate of drug-likeness (QED) is 0.658. The number of para-hydroxylation sites is 1. The SMILES string of the molecule is [15NH2][C@@H](Cc1c[15nH]c2ccccc12)C(=O)O. The summed E-state index contributed by atoms with van der Waals surface area (Å²) in [6.07, 6.45) is 2.16. The van der Waals surface area contributed by atoms with Crippen LogP contribution >= 0.6 is 0 Å². The lowest BCUT2D eigenvalue weighted by molar-refractivity contribution is -0.138. The largest absolute Gasteiger partial charge is 0.480 e. The Morgan fingerprint density at radius 3 is 2.93 bits per heavy atom. The van der Waals surface area contributed by atoms with Gasteiger partial charge in [0.15, 0.2) is 0 Å². The van der Waals surface area contributed by atoms with Gasteiger partial charge in [-0.25, -0.2) is 0 Å². The van der Waals surface area contributed by atoms with Crippen molar-refractivity contribution in [2.24, 2.45) is 5.73 Å². The van der Waals surface area contributed by atoms with Gasteiger partial charge in [-0.15, -0.1) is 0 Å². The molecule has 78 valence electrons. The highest BCUT2D eigenvalue weighted by atomic mass is 16.4. The predicted molar refractivity (Wildman–Crippen MR) is 57.6 cm³/mol. The molecule has 0 unspecified atom stereocenters. The minimum Gasteiger partial charge on any atom is -0.480 e. The van der Waals surface area contributed by atoms with E-state index in [9.17, 15) is 4.79 Å². The first-order chi connectivity index (χ1) is 7.18. The second kappa shape index (κ2) is 3.74. The molecule has 4 N–H and O–H groups in total. The van der Waals surface area contributed by atoms with E-state index >= 15 is 0 Å². The molecule has 15 heavy (non-hydrogen) atoms. The summed E-state index contributed by atoms with van der Waals surface area (Å²) in [5, 5.41) is 9.75. The van der Waals surface area contributed by atoms with Crippen LogP contribution in [-0.4, -0.2) is 22.1 Å². The minimum absolute atomic E-state index is 0.347. The first-order valence-electron chi connectivity index (χ1n) is 4.72. The molecule has 0 fully saturated rings. The summed E-state index contributed by atoms with van der Waals surface area (Å²) in [6.45, 7) is 0. The first-order valence-corrected chi connectivity index (χ1v) is 4.72. The van der Waals surface area contributed by atoms with E-state index in [4.69, 9.17) is 10.8 Å². The van der Waals surface area contributed by atoms with Gasteiger partial charge >= 0.3 is 5.97 Å². The van der Waals surface area contributed by atoms with Crippen LogP contribution in [0.1, 0.15) is 5.56 Å². The summed E-state index contributed by atoms with van der Waals surface area (Å²) in [6, 6.07) is 6.91. The van der Waals surface area contributed by atoms with E-state index in [1.54, 1.807) is 0 Å². The highest BCUT2D eigenvalue weighted by Crippen LogP contribution is 2.18. The summed E-state index contributed by atoms with van der Waals surface area (Å²) in [5.41, 5.74) is 7.43. The maximum absolute atomic E-state index is 10.6. The number of benzene rings is 1. The first kappa shape index (κ1) is 9.73. The maximum Gasteiger partial charge on any atom is 0.320 e. The molecule has 0 bridgehead atoms. The second-order valence-electron chi connectivity index (χ2n) is 3.51. The number of hydrogen-bond donors (Lipinski definition) is 3. The van der Waals surface area contributed by atoms with Crippen molar-refractivity contribution in [2.75, 3.05) is 0 Å². The van der Waals surface area contributed by atoms with E-state index < -0.39 is 12.0 Å². The topological polar surface area (TPSA) is 79.1 Å². The number of hydrogen-bond acceptors (Lipinski definition) is 2. The van der Waals surface area contributed by atoms with Crippen molar-refractivity contribution in [1.29, 1.82) is 0 Å². The second-order valence-corrected chi connectivity index (χ2v) is 3.51. The number of aromatic amines is 1. The highest BCUT2D eigenvalue weighted by Gasteiger charge is 2.14. The number of aromatic nitrogens is 1. The van der Waals surface area contributed by atoms with Gasteiger partial charge in [0.05, 0.1) is 0 Å². The van der Waals surface area contributed by atoms with E-state index in [1.807, 2.05) is 30.5 Å². The number of nitrogens with one attached hydrogen (secondary N) is 1. The Hall–Kier alpha value is -1.81. The summed E-state index contributed by atoms with van der Waals surface area (Å²) < 4.78 is 0. The van der Waals surface area contributed by atoms with Gasteiger partial charge in [0.25, 0.3) is 0 Å². The molecule has 2 aromatic rings. The number of rotatable bonds is 3. The fraction of sp³-hybridized carbons (Fsp3) is 0.182. The fourth-order valence-electron chi connectivity index (χ4n) is 1.62. The minimum atomic E-state index is -0.972. The molecule has 0 aliphatic carbocycles. The Kier molecular flexibility index (Phi) is 2.43. The molecule has 0 amide bonds. The van der Waals surface area contributed by atoms with Gasteiger partial charge in [0.1, 0.15) is 6.04 Å². The van der Waals surface area contributed by atoms with Crippen molar-refractivity contribution >= 4 is 16.9 Å². The van der Waals surface area contributed by atoms with Gasteiger partial charge in [-0.1, -0.05) is 18.2 Å². The van der Waals surface area contributed by atoms with Crippen LogP contribution < -0.4 is 5.73 Å². The van der Waals surface area contributed by atoms with Crippen molar-refractivity contribution in [3.05, 3.63) is 36.0 Å². The van der Waals surface area contributed by atoms with E-state index in [1.165, 1.54) is 0 Å². The number of fused-ring (bicyclic) bond motifs is 1. The molecule has 2 rings (SSSR count). The molecule has 1 aromatic carbocycles. The molecule has 1 heterocycles. The molecular formula is C11H12N2O2. The number of aliphatic carboxylic acids is 1. The van der Waals surface area contributed by atoms with Crippen LogP contribution in [0.15, 0.2) is 30.5 Å². The van der Waals surface area contributed by atoms with Crippen LogP contribution in [0, 0.1) is 0 Å². The van der Waals surface area contributed by atoms with Crippen LogP contribution in [0.25, 0.3) is 10.9 Å². The van der Waals surface area contributed by atoms with Crippen molar-refractivity contribution in [3.8, 4) is 0 Å². The van der Waals surface area contributed by atoms with Gasteiger partial charge in [0, 0.05) is 23.5 Å². The zero-order valence-electron chi connectivity index (χ0n) is 8.10. The number of carboxylic acid groups (broad SMARTS) is 1. The Labute approximate surface area is 86.7 Å². The summed E-state index contributed by atoms with van der Waals surface area (Å²) in [5.74, 6) is -0.972.